The molecule has 3 heteroatoms. The summed E-state index contributed by atoms with van der Waals surface area (Å²) < 4.78 is 0. The first kappa shape index (κ1) is 5.83. The Bertz CT molecular complexity index is 92.4. The molecule has 0 aromatic rings. The van der Waals surface area contributed by atoms with Crippen molar-refractivity contribution in [2.75, 3.05) is 6.54 Å². The lowest BCUT2D eigenvalue weighted by atomic mass is 10.6. The van der Waals surface area contributed by atoms with Crippen molar-refractivity contribution < 1.29 is 5.11 Å². The van der Waals surface area contributed by atoms with Crippen molar-refractivity contribution in [3.05, 3.63) is 12.3 Å². The SMILES string of the molecule is N#CNCC=CO. The van der Waals surface area contributed by atoms with E-state index in [9.17, 15) is 0 Å². The van der Waals surface area contributed by atoms with Crippen LogP contribution < -0.4 is 5.32 Å². The van der Waals surface area contributed by atoms with Crippen LogP contribution in [0.4, 0.5) is 0 Å². The van der Waals surface area contributed by atoms with Crippen molar-refractivity contribution in [1.82, 2.24) is 5.32 Å². The maximum Gasteiger partial charge on any atom is 0.176 e. The summed E-state index contributed by atoms with van der Waals surface area (Å²) in [6.07, 6.45) is 4.02. The second-order valence-corrected chi connectivity index (χ2v) is 0.877. The van der Waals surface area contributed by atoms with Crippen molar-refractivity contribution in [3.63, 3.8) is 0 Å². The van der Waals surface area contributed by atoms with Crippen molar-refractivity contribution in [3.8, 4) is 6.19 Å². The van der Waals surface area contributed by atoms with Gasteiger partial charge in [-0.05, 0) is 6.08 Å². The molecule has 38 valence electrons. The van der Waals surface area contributed by atoms with Crippen LogP contribution in [-0.2, 0) is 0 Å². The van der Waals surface area contributed by atoms with Crippen molar-refractivity contribution in [1.29, 1.82) is 5.26 Å². The molecule has 0 spiro atoms. The van der Waals surface area contributed by atoms with E-state index in [2.05, 4.69) is 5.32 Å². The number of nitrogens with one attached hydrogen (secondary N) is 1. The third-order valence-electron chi connectivity index (χ3n) is 0.404. The van der Waals surface area contributed by atoms with Crippen LogP contribution in [0, 0.1) is 11.5 Å². The monoisotopic (exact) mass is 98.0 g/mol. The van der Waals surface area contributed by atoms with Gasteiger partial charge in [-0.2, -0.15) is 5.26 Å². The van der Waals surface area contributed by atoms with Crippen LogP contribution in [0.15, 0.2) is 12.3 Å². The Kier molecular flexibility index (Phi) is 4.02. The molecular formula is C4H6N2O. The van der Waals surface area contributed by atoms with E-state index >= 15 is 0 Å². The van der Waals surface area contributed by atoms with Crippen molar-refractivity contribution >= 4 is 0 Å². The Balaban J connectivity index is 2.87. The summed E-state index contributed by atoms with van der Waals surface area (Å²) >= 11 is 0. The average molecular weight is 98.1 g/mol. The molecule has 0 heterocycles. The Morgan fingerprint density at radius 2 is 2.57 bits per heavy atom. The highest BCUT2D eigenvalue weighted by molar-refractivity contribution is 4.79. The first-order valence-electron chi connectivity index (χ1n) is 1.83. The molecule has 0 rings (SSSR count). The molecule has 0 unspecified atom stereocenters. The highest BCUT2D eigenvalue weighted by Gasteiger charge is 1.67. The molecule has 0 atom stereocenters. The van der Waals surface area contributed by atoms with Crippen LogP contribution in [0.2, 0.25) is 0 Å². The van der Waals surface area contributed by atoms with Gasteiger partial charge in [0.2, 0.25) is 0 Å². The summed E-state index contributed by atoms with van der Waals surface area (Å²) in [5, 5.41) is 18.1. The quantitative estimate of drug-likeness (QED) is 0.223. The predicted molar refractivity (Wildman–Crippen MR) is 25.4 cm³/mol. The molecule has 0 aliphatic heterocycles. The summed E-state index contributed by atoms with van der Waals surface area (Å²) in [6, 6.07) is 0. The van der Waals surface area contributed by atoms with Crippen LogP contribution in [-0.4, -0.2) is 11.7 Å². The minimum absolute atomic E-state index is 0.396. The normalized spacial score (nSPS) is 8.43. The largest absolute Gasteiger partial charge is 0.516 e. The van der Waals surface area contributed by atoms with Gasteiger partial charge in [0.15, 0.2) is 6.19 Å². The van der Waals surface area contributed by atoms with Crippen LogP contribution in [0.5, 0.6) is 0 Å². The number of nitriles is 1. The van der Waals surface area contributed by atoms with Gasteiger partial charge < -0.3 is 10.4 Å². The topological polar surface area (TPSA) is 56.0 Å². The zero-order chi connectivity index (χ0) is 5.54. The van der Waals surface area contributed by atoms with Crippen LogP contribution >= 0.6 is 0 Å². The molecule has 7 heavy (non-hydrogen) atoms. The lowest BCUT2D eigenvalue weighted by Gasteiger charge is -1.80. The number of aliphatic hydroxyl groups is 1. The molecule has 0 saturated carbocycles. The van der Waals surface area contributed by atoms with Gasteiger partial charge in [-0.25, -0.2) is 0 Å². The van der Waals surface area contributed by atoms with Gasteiger partial charge in [0.25, 0.3) is 0 Å². The predicted octanol–water partition coefficient (Wildman–Crippen LogP) is 0.129. The fourth-order valence-electron chi connectivity index (χ4n) is 0.157. The summed E-state index contributed by atoms with van der Waals surface area (Å²) in [5.74, 6) is 0. The molecule has 0 aliphatic carbocycles. The van der Waals surface area contributed by atoms with Gasteiger partial charge in [0.05, 0.1) is 6.26 Å². The zero-order valence-electron chi connectivity index (χ0n) is 3.76. The van der Waals surface area contributed by atoms with E-state index in [-0.39, 0.29) is 0 Å². The fourth-order valence-corrected chi connectivity index (χ4v) is 0.157. The third kappa shape index (κ3) is 4.83. The van der Waals surface area contributed by atoms with E-state index < -0.39 is 0 Å². The number of hydrogen-bond donors (Lipinski definition) is 2. The van der Waals surface area contributed by atoms with Gasteiger partial charge in [0, 0.05) is 6.54 Å². The molecule has 0 aliphatic rings. The summed E-state index contributed by atoms with van der Waals surface area (Å²) in [5.41, 5.74) is 0. The first-order chi connectivity index (χ1) is 3.41. The van der Waals surface area contributed by atoms with Gasteiger partial charge in [-0.1, -0.05) is 0 Å². The van der Waals surface area contributed by atoms with E-state index in [0.29, 0.717) is 6.54 Å². The average Bonchev–Trinajstić information content (AvgIpc) is 1.69. The van der Waals surface area contributed by atoms with Gasteiger partial charge >= 0.3 is 0 Å². The maximum absolute atomic E-state index is 7.96. The van der Waals surface area contributed by atoms with Crippen LogP contribution in [0.25, 0.3) is 0 Å². The standard InChI is InChI=1S/C4H6N2O/c5-4-6-2-1-3-7/h1,3,6-7H,2H2. The molecule has 0 aromatic carbocycles. The third-order valence-corrected chi connectivity index (χ3v) is 0.404. The molecule has 3 nitrogen and oxygen atoms in total. The maximum atomic E-state index is 7.96. The highest BCUT2D eigenvalue weighted by Crippen LogP contribution is 1.59. The molecule has 0 aromatic heterocycles. The van der Waals surface area contributed by atoms with Crippen molar-refractivity contribution in [2.24, 2.45) is 0 Å². The van der Waals surface area contributed by atoms with E-state index in [1.807, 2.05) is 0 Å². The Morgan fingerprint density at radius 3 is 3.00 bits per heavy atom. The number of hydrogen-bond acceptors (Lipinski definition) is 3. The van der Waals surface area contributed by atoms with E-state index in [1.54, 1.807) is 6.19 Å². The van der Waals surface area contributed by atoms with Gasteiger partial charge in [-0.3, -0.25) is 0 Å². The highest BCUT2D eigenvalue weighted by atomic mass is 16.2. The van der Waals surface area contributed by atoms with Gasteiger partial charge in [0.1, 0.15) is 0 Å². The number of aliphatic hydroxyl groups excluding tert-OH is 1. The Morgan fingerprint density at radius 1 is 1.86 bits per heavy atom. The first-order valence-corrected chi connectivity index (χ1v) is 1.83. The zero-order valence-corrected chi connectivity index (χ0v) is 3.76. The fraction of sp³-hybridized carbons (Fsp3) is 0.250. The second-order valence-electron chi connectivity index (χ2n) is 0.877. The molecular weight excluding hydrogens is 92.1 g/mol. The molecule has 2 N–H and O–H groups in total. The van der Waals surface area contributed by atoms with E-state index in [1.165, 1.54) is 6.08 Å². The molecule has 0 saturated heterocycles. The molecule has 0 radical (unpaired) electrons. The summed E-state index contributed by atoms with van der Waals surface area (Å²) in [4.78, 5) is 0. The Labute approximate surface area is 41.9 Å². The summed E-state index contributed by atoms with van der Waals surface area (Å²) in [7, 11) is 0. The minimum Gasteiger partial charge on any atom is -0.516 e. The van der Waals surface area contributed by atoms with Crippen LogP contribution in [0.3, 0.4) is 0 Å². The van der Waals surface area contributed by atoms with E-state index in [0.717, 1.165) is 6.26 Å². The molecule has 0 fully saturated rings. The van der Waals surface area contributed by atoms with E-state index in [4.69, 9.17) is 10.4 Å². The molecule has 0 amide bonds. The number of nitrogens with zero attached hydrogens (tertiary/aromatic N) is 1. The molecule has 0 bridgehead atoms. The lowest BCUT2D eigenvalue weighted by molar-refractivity contribution is 0.471. The second kappa shape index (κ2) is 4.83. The van der Waals surface area contributed by atoms with Crippen LogP contribution in [0.1, 0.15) is 0 Å². The van der Waals surface area contributed by atoms with Crippen molar-refractivity contribution in [2.45, 2.75) is 0 Å². The Hall–Kier alpha value is -1.17. The summed E-state index contributed by atoms with van der Waals surface area (Å²) in [6.45, 7) is 0.396. The number of rotatable bonds is 2. The minimum atomic E-state index is 0.396. The lowest BCUT2D eigenvalue weighted by Crippen LogP contribution is -2.02. The van der Waals surface area contributed by atoms with Gasteiger partial charge in [-0.15, -0.1) is 0 Å². The smallest absolute Gasteiger partial charge is 0.176 e.